The Hall–Kier alpha value is -1.15. The number of halogens is 1. The molecule has 6 nitrogen and oxygen atoms in total. The Balaban J connectivity index is 1.50. The molecular weight excluding hydrogens is 398 g/mol. The molecule has 2 aliphatic rings. The summed E-state index contributed by atoms with van der Waals surface area (Å²) in [6, 6.07) is 7.57. The van der Waals surface area contributed by atoms with Crippen molar-refractivity contribution in [1.29, 1.82) is 0 Å². The summed E-state index contributed by atoms with van der Waals surface area (Å²) in [6.45, 7) is 4.64. The zero-order chi connectivity index (χ0) is 20.1. The van der Waals surface area contributed by atoms with Crippen molar-refractivity contribution in [1.82, 2.24) is 13.9 Å². The number of hydrogen-bond donors (Lipinski definition) is 1. The number of hydrogen-bond acceptors (Lipinski definition) is 3. The lowest BCUT2D eigenvalue weighted by molar-refractivity contribution is -0.126. The summed E-state index contributed by atoms with van der Waals surface area (Å²) in [6.07, 6.45) is 3.99. The standard InChI is InChI=1S/C20H30ClN3O3S/c1-16-9-13-23(14-10-16)28(26,27)24-12-2-3-18(15-24)20(25)22-11-8-17-4-6-19(21)7-5-17/h4-7,16,18H,2-3,8-15H2,1H3,(H,22,25). The first-order chi connectivity index (χ1) is 13.4. The van der Waals surface area contributed by atoms with Gasteiger partial charge in [-0.1, -0.05) is 30.7 Å². The van der Waals surface area contributed by atoms with E-state index >= 15 is 0 Å². The molecule has 0 aliphatic carbocycles. The van der Waals surface area contributed by atoms with Gasteiger partial charge in [0.2, 0.25) is 5.91 Å². The van der Waals surface area contributed by atoms with Crippen molar-refractivity contribution < 1.29 is 13.2 Å². The molecule has 2 heterocycles. The molecule has 2 aliphatic heterocycles. The first kappa shape index (κ1) is 21.6. The lowest BCUT2D eigenvalue weighted by Gasteiger charge is -2.37. The molecule has 0 saturated carbocycles. The van der Waals surface area contributed by atoms with Crippen LogP contribution in [-0.2, 0) is 21.4 Å². The largest absolute Gasteiger partial charge is 0.355 e. The van der Waals surface area contributed by atoms with Crippen molar-refractivity contribution in [2.75, 3.05) is 32.7 Å². The highest BCUT2D eigenvalue weighted by Gasteiger charge is 2.36. The Morgan fingerprint density at radius 1 is 1.11 bits per heavy atom. The van der Waals surface area contributed by atoms with Gasteiger partial charge in [0.15, 0.2) is 0 Å². The normalized spacial score (nSPS) is 22.9. The predicted octanol–water partition coefficient (Wildman–Crippen LogP) is 2.69. The van der Waals surface area contributed by atoms with E-state index in [4.69, 9.17) is 11.6 Å². The molecular formula is C20H30ClN3O3S. The molecule has 28 heavy (non-hydrogen) atoms. The van der Waals surface area contributed by atoms with Crippen LogP contribution in [0.15, 0.2) is 24.3 Å². The van der Waals surface area contributed by atoms with E-state index < -0.39 is 10.2 Å². The molecule has 1 amide bonds. The maximum Gasteiger partial charge on any atom is 0.281 e. The fourth-order valence-corrected chi connectivity index (χ4v) is 5.72. The van der Waals surface area contributed by atoms with Crippen LogP contribution in [-0.4, -0.2) is 55.7 Å². The number of carbonyl (C=O) groups excluding carboxylic acids is 1. The van der Waals surface area contributed by atoms with Gasteiger partial charge in [-0.3, -0.25) is 4.79 Å². The minimum Gasteiger partial charge on any atom is -0.355 e. The number of benzene rings is 1. The third-order valence-corrected chi connectivity index (χ3v) is 8.03. The van der Waals surface area contributed by atoms with Crippen LogP contribution in [0.25, 0.3) is 0 Å². The van der Waals surface area contributed by atoms with Crippen LogP contribution in [0.4, 0.5) is 0 Å². The monoisotopic (exact) mass is 427 g/mol. The van der Waals surface area contributed by atoms with Crippen LogP contribution < -0.4 is 5.32 Å². The van der Waals surface area contributed by atoms with Crippen LogP contribution in [0.1, 0.15) is 38.2 Å². The van der Waals surface area contributed by atoms with E-state index in [0.29, 0.717) is 37.1 Å². The van der Waals surface area contributed by atoms with Crippen LogP contribution >= 0.6 is 11.6 Å². The third-order valence-electron chi connectivity index (χ3n) is 5.78. The Labute approximate surface area is 173 Å². The topological polar surface area (TPSA) is 69.7 Å². The summed E-state index contributed by atoms with van der Waals surface area (Å²) >= 11 is 5.88. The molecule has 0 radical (unpaired) electrons. The summed E-state index contributed by atoms with van der Waals surface area (Å²) in [5.74, 6) is 0.241. The minimum absolute atomic E-state index is 0.0545. The number of nitrogens with zero attached hydrogens (tertiary/aromatic N) is 2. The number of carbonyl (C=O) groups is 1. The smallest absolute Gasteiger partial charge is 0.281 e. The van der Waals surface area contributed by atoms with Crippen LogP contribution in [0.5, 0.6) is 0 Å². The average Bonchev–Trinajstić information content (AvgIpc) is 2.70. The van der Waals surface area contributed by atoms with Gasteiger partial charge in [0.05, 0.1) is 5.92 Å². The van der Waals surface area contributed by atoms with E-state index in [1.807, 2.05) is 24.3 Å². The SMILES string of the molecule is CC1CCN(S(=O)(=O)N2CCCC(C(=O)NCCc3ccc(Cl)cc3)C2)CC1. The lowest BCUT2D eigenvalue weighted by atomic mass is 9.99. The number of amides is 1. The van der Waals surface area contributed by atoms with Gasteiger partial charge in [-0.15, -0.1) is 0 Å². The summed E-state index contributed by atoms with van der Waals surface area (Å²) < 4.78 is 29.0. The van der Waals surface area contributed by atoms with E-state index in [1.165, 1.54) is 4.31 Å². The molecule has 1 N–H and O–H groups in total. The van der Waals surface area contributed by atoms with Crippen molar-refractivity contribution >= 4 is 27.7 Å². The van der Waals surface area contributed by atoms with Crippen LogP contribution in [0, 0.1) is 11.8 Å². The molecule has 8 heteroatoms. The second-order valence-corrected chi connectivity index (χ2v) is 10.3. The summed E-state index contributed by atoms with van der Waals surface area (Å²) in [5.41, 5.74) is 1.11. The van der Waals surface area contributed by atoms with Crippen LogP contribution in [0.3, 0.4) is 0 Å². The van der Waals surface area contributed by atoms with E-state index in [2.05, 4.69) is 12.2 Å². The van der Waals surface area contributed by atoms with E-state index in [0.717, 1.165) is 37.7 Å². The fourth-order valence-electron chi connectivity index (χ4n) is 3.87. The van der Waals surface area contributed by atoms with Gasteiger partial charge in [0, 0.05) is 37.7 Å². The van der Waals surface area contributed by atoms with Gasteiger partial charge in [0.1, 0.15) is 0 Å². The number of nitrogens with one attached hydrogen (secondary N) is 1. The average molecular weight is 428 g/mol. The van der Waals surface area contributed by atoms with Crippen LogP contribution in [0.2, 0.25) is 5.02 Å². The van der Waals surface area contributed by atoms with E-state index in [-0.39, 0.29) is 18.4 Å². The molecule has 2 fully saturated rings. The molecule has 1 aromatic rings. The maximum atomic E-state index is 13.0. The number of piperidine rings is 2. The van der Waals surface area contributed by atoms with Gasteiger partial charge in [-0.05, 0) is 55.7 Å². The highest BCUT2D eigenvalue weighted by molar-refractivity contribution is 7.86. The van der Waals surface area contributed by atoms with Gasteiger partial charge < -0.3 is 5.32 Å². The predicted molar refractivity (Wildman–Crippen MR) is 111 cm³/mol. The van der Waals surface area contributed by atoms with Crippen molar-refractivity contribution in [3.05, 3.63) is 34.9 Å². The third kappa shape index (κ3) is 5.47. The Kier molecular flexibility index (Phi) is 7.36. The first-order valence-corrected chi connectivity index (χ1v) is 11.9. The van der Waals surface area contributed by atoms with E-state index in [1.54, 1.807) is 4.31 Å². The molecule has 1 unspecified atom stereocenters. The van der Waals surface area contributed by atoms with Gasteiger partial charge in [0.25, 0.3) is 10.2 Å². The Bertz CT molecular complexity index is 761. The second-order valence-electron chi connectivity index (χ2n) is 7.95. The molecule has 1 aromatic carbocycles. The molecule has 0 aromatic heterocycles. The highest BCUT2D eigenvalue weighted by Crippen LogP contribution is 2.25. The van der Waals surface area contributed by atoms with Crippen molar-refractivity contribution in [2.45, 2.75) is 39.0 Å². The fraction of sp³-hybridized carbons (Fsp3) is 0.650. The molecule has 1 atom stereocenters. The lowest BCUT2D eigenvalue weighted by Crippen LogP contribution is -2.52. The summed E-state index contributed by atoms with van der Waals surface area (Å²) in [5, 5.41) is 3.66. The molecule has 3 rings (SSSR count). The Morgan fingerprint density at radius 3 is 2.46 bits per heavy atom. The van der Waals surface area contributed by atoms with Gasteiger partial charge in [-0.2, -0.15) is 17.0 Å². The maximum absolute atomic E-state index is 13.0. The number of rotatable bonds is 6. The first-order valence-electron chi connectivity index (χ1n) is 10.1. The van der Waals surface area contributed by atoms with Crippen molar-refractivity contribution in [2.24, 2.45) is 11.8 Å². The zero-order valence-corrected chi connectivity index (χ0v) is 18.0. The molecule has 2 saturated heterocycles. The highest BCUT2D eigenvalue weighted by atomic mass is 35.5. The van der Waals surface area contributed by atoms with E-state index in [9.17, 15) is 13.2 Å². The van der Waals surface area contributed by atoms with Crippen molar-refractivity contribution in [3.8, 4) is 0 Å². The quantitative estimate of drug-likeness (QED) is 0.758. The van der Waals surface area contributed by atoms with Gasteiger partial charge in [-0.25, -0.2) is 0 Å². The molecule has 0 bridgehead atoms. The van der Waals surface area contributed by atoms with Gasteiger partial charge >= 0.3 is 0 Å². The van der Waals surface area contributed by atoms with Crippen molar-refractivity contribution in [3.63, 3.8) is 0 Å². The zero-order valence-electron chi connectivity index (χ0n) is 16.4. The summed E-state index contributed by atoms with van der Waals surface area (Å²) in [7, 11) is -3.47. The Morgan fingerprint density at radius 2 is 1.79 bits per heavy atom. The molecule has 0 spiro atoms. The summed E-state index contributed by atoms with van der Waals surface area (Å²) in [4.78, 5) is 12.6. The minimum atomic E-state index is -3.47. The second kappa shape index (κ2) is 9.57. The molecule has 156 valence electrons.